The molecule has 2 aromatic rings. The SMILES string of the molecule is CCC(C)C(N)C(=O)N(C)Cc1nc(-c2cccnc2)no1. The highest BCUT2D eigenvalue weighted by Gasteiger charge is 2.24. The lowest BCUT2D eigenvalue weighted by Gasteiger charge is -2.23. The van der Waals surface area contributed by atoms with Crippen molar-refractivity contribution in [2.45, 2.75) is 32.9 Å². The molecule has 1 amide bonds. The van der Waals surface area contributed by atoms with Gasteiger partial charge < -0.3 is 15.2 Å². The number of nitrogens with zero attached hydrogens (tertiary/aromatic N) is 4. The average molecular weight is 303 g/mol. The first-order valence-corrected chi connectivity index (χ1v) is 7.26. The zero-order valence-electron chi connectivity index (χ0n) is 13.1. The maximum atomic E-state index is 12.2. The molecule has 2 rings (SSSR count). The van der Waals surface area contributed by atoms with E-state index < -0.39 is 6.04 Å². The minimum atomic E-state index is -0.518. The van der Waals surface area contributed by atoms with Crippen molar-refractivity contribution in [3.63, 3.8) is 0 Å². The number of nitrogens with two attached hydrogens (primary N) is 1. The molecule has 0 aliphatic carbocycles. The molecule has 2 heterocycles. The Morgan fingerprint density at radius 1 is 1.50 bits per heavy atom. The van der Waals surface area contributed by atoms with Crippen LogP contribution < -0.4 is 5.73 Å². The van der Waals surface area contributed by atoms with Crippen molar-refractivity contribution < 1.29 is 9.32 Å². The van der Waals surface area contributed by atoms with Gasteiger partial charge in [0.15, 0.2) is 0 Å². The number of amides is 1. The van der Waals surface area contributed by atoms with E-state index in [1.807, 2.05) is 19.9 Å². The van der Waals surface area contributed by atoms with E-state index in [1.165, 1.54) is 4.90 Å². The lowest BCUT2D eigenvalue weighted by atomic mass is 9.99. The Bertz CT molecular complexity index is 613. The number of pyridine rings is 1. The summed E-state index contributed by atoms with van der Waals surface area (Å²) in [6, 6.07) is 3.12. The summed E-state index contributed by atoms with van der Waals surface area (Å²) in [6.07, 6.45) is 4.18. The van der Waals surface area contributed by atoms with Crippen LogP contribution in [0.15, 0.2) is 29.0 Å². The number of hydrogen-bond acceptors (Lipinski definition) is 6. The standard InChI is InChI=1S/C15H21N5O2/c1-4-10(2)13(16)15(21)20(3)9-12-18-14(19-22-12)11-6-5-7-17-8-11/h5-8,10,13H,4,9,16H2,1-3H3. The first kappa shape index (κ1) is 16.1. The zero-order chi connectivity index (χ0) is 16.1. The van der Waals surface area contributed by atoms with Crippen LogP contribution in [0.5, 0.6) is 0 Å². The van der Waals surface area contributed by atoms with Crippen LogP contribution in [-0.4, -0.2) is 39.0 Å². The van der Waals surface area contributed by atoms with Gasteiger partial charge in [0.2, 0.25) is 17.6 Å². The molecule has 7 heteroatoms. The van der Waals surface area contributed by atoms with Gasteiger partial charge in [0.1, 0.15) is 0 Å². The normalized spacial score (nSPS) is 13.6. The topological polar surface area (TPSA) is 98.1 Å². The largest absolute Gasteiger partial charge is 0.337 e. The fraction of sp³-hybridized carbons (Fsp3) is 0.467. The van der Waals surface area contributed by atoms with E-state index in [2.05, 4.69) is 15.1 Å². The number of aromatic nitrogens is 3. The summed E-state index contributed by atoms with van der Waals surface area (Å²) in [7, 11) is 1.68. The lowest BCUT2D eigenvalue weighted by Crippen LogP contribution is -2.45. The smallest absolute Gasteiger partial charge is 0.246 e. The van der Waals surface area contributed by atoms with Crippen LogP contribution in [0.3, 0.4) is 0 Å². The van der Waals surface area contributed by atoms with Gasteiger partial charge in [-0.05, 0) is 18.1 Å². The molecule has 0 saturated heterocycles. The third kappa shape index (κ3) is 3.67. The number of carbonyl (C=O) groups is 1. The maximum absolute atomic E-state index is 12.2. The summed E-state index contributed by atoms with van der Waals surface area (Å²) >= 11 is 0. The Labute approximate surface area is 129 Å². The number of rotatable bonds is 6. The van der Waals surface area contributed by atoms with Gasteiger partial charge >= 0.3 is 0 Å². The Morgan fingerprint density at radius 2 is 2.27 bits per heavy atom. The monoisotopic (exact) mass is 303 g/mol. The van der Waals surface area contributed by atoms with Gasteiger partial charge in [-0.15, -0.1) is 0 Å². The van der Waals surface area contributed by atoms with Gasteiger partial charge in [-0.25, -0.2) is 0 Å². The predicted octanol–water partition coefficient (Wildman–Crippen LogP) is 1.46. The first-order valence-electron chi connectivity index (χ1n) is 7.26. The van der Waals surface area contributed by atoms with Crippen molar-refractivity contribution in [3.05, 3.63) is 30.4 Å². The molecule has 2 unspecified atom stereocenters. The minimum Gasteiger partial charge on any atom is -0.337 e. The van der Waals surface area contributed by atoms with E-state index in [0.29, 0.717) is 11.7 Å². The van der Waals surface area contributed by atoms with Crippen LogP contribution in [0.25, 0.3) is 11.4 Å². The van der Waals surface area contributed by atoms with Crippen LogP contribution in [0.2, 0.25) is 0 Å². The second kappa shape index (κ2) is 7.13. The Morgan fingerprint density at radius 3 is 2.91 bits per heavy atom. The molecule has 118 valence electrons. The molecule has 0 bridgehead atoms. The molecule has 2 atom stereocenters. The molecule has 2 N–H and O–H groups in total. The van der Waals surface area contributed by atoms with Gasteiger partial charge in [-0.1, -0.05) is 25.4 Å². The van der Waals surface area contributed by atoms with Crippen molar-refractivity contribution in [1.82, 2.24) is 20.0 Å². The molecule has 0 aromatic carbocycles. The van der Waals surface area contributed by atoms with Crippen LogP contribution in [-0.2, 0) is 11.3 Å². The molecule has 0 spiro atoms. The Kier molecular flexibility index (Phi) is 5.21. The van der Waals surface area contributed by atoms with E-state index in [0.717, 1.165) is 12.0 Å². The highest BCUT2D eigenvalue weighted by molar-refractivity contribution is 5.81. The molecule has 22 heavy (non-hydrogen) atoms. The number of likely N-dealkylation sites (N-methyl/N-ethyl adjacent to an activating group) is 1. The third-order valence-electron chi connectivity index (χ3n) is 3.68. The fourth-order valence-corrected chi connectivity index (χ4v) is 1.96. The lowest BCUT2D eigenvalue weighted by molar-refractivity contribution is -0.133. The predicted molar refractivity (Wildman–Crippen MR) is 81.4 cm³/mol. The minimum absolute atomic E-state index is 0.128. The van der Waals surface area contributed by atoms with Crippen LogP contribution in [0, 0.1) is 5.92 Å². The summed E-state index contributed by atoms with van der Waals surface area (Å²) in [4.78, 5) is 22.0. The van der Waals surface area contributed by atoms with E-state index >= 15 is 0 Å². The van der Waals surface area contributed by atoms with Crippen LogP contribution in [0.1, 0.15) is 26.2 Å². The van der Waals surface area contributed by atoms with E-state index in [4.69, 9.17) is 10.3 Å². The summed E-state index contributed by atoms with van der Waals surface area (Å²) < 4.78 is 5.18. The van der Waals surface area contributed by atoms with Gasteiger partial charge in [-0.3, -0.25) is 9.78 Å². The molecular formula is C15H21N5O2. The van der Waals surface area contributed by atoms with Gasteiger partial charge in [0.25, 0.3) is 0 Å². The van der Waals surface area contributed by atoms with E-state index in [9.17, 15) is 4.79 Å². The molecular weight excluding hydrogens is 282 g/mol. The highest BCUT2D eigenvalue weighted by Crippen LogP contribution is 2.15. The molecule has 0 radical (unpaired) electrons. The van der Waals surface area contributed by atoms with Crippen LogP contribution in [0.4, 0.5) is 0 Å². The molecule has 0 saturated carbocycles. The number of carbonyl (C=O) groups excluding carboxylic acids is 1. The van der Waals surface area contributed by atoms with E-state index in [1.54, 1.807) is 25.5 Å². The Hall–Kier alpha value is -2.28. The quantitative estimate of drug-likeness (QED) is 0.867. The zero-order valence-corrected chi connectivity index (χ0v) is 13.1. The maximum Gasteiger partial charge on any atom is 0.246 e. The van der Waals surface area contributed by atoms with Gasteiger partial charge in [-0.2, -0.15) is 4.98 Å². The second-order valence-electron chi connectivity index (χ2n) is 5.36. The van der Waals surface area contributed by atoms with Gasteiger partial charge in [0.05, 0.1) is 12.6 Å². The molecule has 0 fully saturated rings. The molecule has 2 aromatic heterocycles. The summed E-state index contributed by atoms with van der Waals surface area (Å²) in [5.41, 5.74) is 6.72. The highest BCUT2D eigenvalue weighted by atomic mass is 16.5. The molecule has 0 aliphatic heterocycles. The van der Waals surface area contributed by atoms with Gasteiger partial charge in [0, 0.05) is 25.0 Å². The second-order valence-corrected chi connectivity index (χ2v) is 5.36. The summed E-state index contributed by atoms with van der Waals surface area (Å²) in [6.45, 7) is 4.20. The average Bonchev–Trinajstić information content (AvgIpc) is 3.01. The van der Waals surface area contributed by atoms with E-state index in [-0.39, 0.29) is 18.4 Å². The number of hydrogen-bond donors (Lipinski definition) is 1. The van der Waals surface area contributed by atoms with Crippen LogP contribution >= 0.6 is 0 Å². The fourth-order valence-electron chi connectivity index (χ4n) is 1.96. The third-order valence-corrected chi connectivity index (χ3v) is 3.68. The van der Waals surface area contributed by atoms with Crippen molar-refractivity contribution in [3.8, 4) is 11.4 Å². The van der Waals surface area contributed by atoms with Crippen molar-refractivity contribution in [2.75, 3.05) is 7.05 Å². The first-order chi connectivity index (χ1) is 10.5. The molecule has 0 aliphatic rings. The van der Waals surface area contributed by atoms with Crippen molar-refractivity contribution in [2.24, 2.45) is 11.7 Å². The Balaban J connectivity index is 2.02. The van der Waals surface area contributed by atoms with Crippen molar-refractivity contribution in [1.29, 1.82) is 0 Å². The summed E-state index contributed by atoms with van der Waals surface area (Å²) in [5, 5.41) is 3.90. The molecule has 7 nitrogen and oxygen atoms in total. The summed E-state index contributed by atoms with van der Waals surface area (Å²) in [5.74, 6) is 0.820. The van der Waals surface area contributed by atoms with Crippen molar-refractivity contribution >= 4 is 5.91 Å².